The van der Waals surface area contributed by atoms with Crippen molar-refractivity contribution in [2.45, 2.75) is 29.0 Å². The third-order valence-electron chi connectivity index (χ3n) is 6.12. The lowest BCUT2D eigenvalue weighted by Gasteiger charge is -2.34. The van der Waals surface area contributed by atoms with Crippen molar-refractivity contribution >= 4 is 17.7 Å². The largest absolute Gasteiger partial charge is 0.453 e. The van der Waals surface area contributed by atoms with Gasteiger partial charge < -0.3 is 14.6 Å². The lowest BCUT2D eigenvalue weighted by atomic mass is 9.80. The number of halogens is 1. The summed E-state index contributed by atoms with van der Waals surface area (Å²) in [6, 6.07) is 15.9. The zero-order valence-corrected chi connectivity index (χ0v) is 15.6. The second kappa shape index (κ2) is 5.96. The number of fused-ring (bicyclic) bond motifs is 4. The third-order valence-corrected chi connectivity index (χ3v) is 6.67. The summed E-state index contributed by atoms with van der Waals surface area (Å²) in [7, 11) is 1.34. The number of nitrogens with zero attached hydrogens (tertiary/aromatic N) is 1. The number of aliphatic hydroxyl groups is 1. The highest BCUT2D eigenvalue weighted by atomic mass is 35.5. The van der Waals surface area contributed by atoms with Crippen LogP contribution in [-0.2, 0) is 9.47 Å². The molecule has 0 saturated carbocycles. The molecule has 2 aliphatic heterocycles. The van der Waals surface area contributed by atoms with E-state index >= 15 is 0 Å². The van der Waals surface area contributed by atoms with Crippen LogP contribution in [0.5, 0.6) is 0 Å². The number of likely N-dealkylation sites (tertiary alicyclic amines) is 1. The summed E-state index contributed by atoms with van der Waals surface area (Å²) in [5, 5.41) is 10.4. The third kappa shape index (κ3) is 2.22. The van der Waals surface area contributed by atoms with E-state index in [0.29, 0.717) is 0 Å². The standard InChI is InChI=1S/C21H20ClNO4/c1-26-20(25)23-11-21(22,19-18(23)16(24)10-27-19)17-14-8-4-2-6-12(14)13-7-3-5-9-15(13)17/h2-9,16-19,24H,10-11H2,1H3/t16-,18+,19-,21+/m0/s1. The Morgan fingerprint density at radius 2 is 1.78 bits per heavy atom. The van der Waals surface area contributed by atoms with Crippen LogP contribution in [0.2, 0.25) is 0 Å². The normalized spacial score (nSPS) is 31.5. The average molecular weight is 386 g/mol. The molecule has 0 radical (unpaired) electrons. The molecule has 0 aromatic heterocycles. The minimum Gasteiger partial charge on any atom is -0.453 e. The van der Waals surface area contributed by atoms with Crippen LogP contribution in [0.25, 0.3) is 11.1 Å². The van der Waals surface area contributed by atoms with E-state index in [2.05, 4.69) is 24.3 Å². The van der Waals surface area contributed by atoms with Gasteiger partial charge in [-0.15, -0.1) is 11.6 Å². The van der Waals surface area contributed by atoms with Gasteiger partial charge in [0, 0.05) is 12.5 Å². The molecule has 3 aliphatic rings. The van der Waals surface area contributed by atoms with Crippen molar-refractivity contribution in [1.29, 1.82) is 0 Å². The lowest BCUT2D eigenvalue weighted by molar-refractivity contribution is 0.0629. The molecule has 4 atom stereocenters. The van der Waals surface area contributed by atoms with Gasteiger partial charge in [-0.05, 0) is 22.3 Å². The smallest absolute Gasteiger partial charge is 0.409 e. The van der Waals surface area contributed by atoms with Crippen molar-refractivity contribution in [3.63, 3.8) is 0 Å². The van der Waals surface area contributed by atoms with E-state index in [1.165, 1.54) is 12.0 Å². The lowest BCUT2D eigenvalue weighted by Crippen LogP contribution is -2.44. The fourth-order valence-electron chi connectivity index (χ4n) is 5.08. The van der Waals surface area contributed by atoms with Crippen molar-refractivity contribution in [2.75, 3.05) is 20.3 Å². The Balaban J connectivity index is 1.67. The number of benzene rings is 2. The number of hydrogen-bond donors (Lipinski definition) is 1. The van der Waals surface area contributed by atoms with Gasteiger partial charge in [0.25, 0.3) is 0 Å². The first-order valence-electron chi connectivity index (χ1n) is 9.07. The van der Waals surface area contributed by atoms with Crippen LogP contribution in [0.15, 0.2) is 48.5 Å². The van der Waals surface area contributed by atoms with Crippen LogP contribution in [0.4, 0.5) is 4.79 Å². The molecule has 2 saturated heterocycles. The zero-order chi connectivity index (χ0) is 18.8. The minimum atomic E-state index is -0.890. The monoisotopic (exact) mass is 385 g/mol. The topological polar surface area (TPSA) is 59.0 Å². The number of alkyl halides is 1. The van der Waals surface area contributed by atoms with E-state index in [-0.39, 0.29) is 19.1 Å². The molecule has 2 aromatic rings. The number of carbonyl (C=O) groups is 1. The second-order valence-corrected chi connectivity index (χ2v) is 8.15. The van der Waals surface area contributed by atoms with E-state index in [9.17, 15) is 9.90 Å². The van der Waals surface area contributed by atoms with Gasteiger partial charge in [0.15, 0.2) is 0 Å². The predicted molar refractivity (Wildman–Crippen MR) is 101 cm³/mol. The highest BCUT2D eigenvalue weighted by Gasteiger charge is 2.64. The summed E-state index contributed by atoms with van der Waals surface area (Å²) in [4.78, 5) is 13.0. The Kier molecular flexibility index (Phi) is 3.76. The van der Waals surface area contributed by atoms with E-state index in [1.807, 2.05) is 24.3 Å². The summed E-state index contributed by atoms with van der Waals surface area (Å²) < 4.78 is 10.9. The van der Waals surface area contributed by atoms with Gasteiger partial charge >= 0.3 is 6.09 Å². The fourth-order valence-corrected chi connectivity index (χ4v) is 5.64. The molecule has 0 spiro atoms. The van der Waals surface area contributed by atoms with Gasteiger partial charge in [-0.2, -0.15) is 0 Å². The second-order valence-electron chi connectivity index (χ2n) is 7.44. The molecule has 27 heavy (non-hydrogen) atoms. The Bertz CT molecular complexity index is 873. The molecule has 6 heteroatoms. The summed E-state index contributed by atoms with van der Waals surface area (Å²) in [6.45, 7) is 0.411. The van der Waals surface area contributed by atoms with Gasteiger partial charge in [-0.25, -0.2) is 4.79 Å². The summed E-state index contributed by atoms with van der Waals surface area (Å²) in [5.74, 6) is -0.140. The van der Waals surface area contributed by atoms with Crippen LogP contribution >= 0.6 is 11.6 Å². The molecule has 2 aromatic carbocycles. The molecule has 2 fully saturated rings. The highest BCUT2D eigenvalue weighted by Crippen LogP contribution is 2.57. The quantitative estimate of drug-likeness (QED) is 0.767. The zero-order valence-electron chi connectivity index (χ0n) is 14.8. The maximum Gasteiger partial charge on any atom is 0.409 e. The predicted octanol–water partition coefficient (Wildman–Crippen LogP) is 2.99. The molecule has 2 heterocycles. The van der Waals surface area contributed by atoms with Crippen LogP contribution in [0, 0.1) is 0 Å². The van der Waals surface area contributed by atoms with Gasteiger partial charge in [-0.3, -0.25) is 4.90 Å². The molecule has 1 amide bonds. The van der Waals surface area contributed by atoms with Crippen LogP contribution in [0.1, 0.15) is 17.0 Å². The molecule has 140 valence electrons. The first-order chi connectivity index (χ1) is 13.1. The van der Waals surface area contributed by atoms with E-state index < -0.39 is 29.2 Å². The molecule has 0 bridgehead atoms. The Labute approximate surface area is 162 Å². The molecule has 1 aliphatic carbocycles. The molecular formula is C21H20ClNO4. The molecule has 0 unspecified atom stereocenters. The highest BCUT2D eigenvalue weighted by molar-refractivity contribution is 6.26. The molecule has 5 nitrogen and oxygen atoms in total. The minimum absolute atomic E-state index is 0.140. The van der Waals surface area contributed by atoms with Crippen molar-refractivity contribution in [2.24, 2.45) is 0 Å². The van der Waals surface area contributed by atoms with Gasteiger partial charge in [0.1, 0.15) is 17.1 Å². The number of carbonyl (C=O) groups excluding carboxylic acids is 1. The Hall–Kier alpha value is -2.08. The van der Waals surface area contributed by atoms with Crippen LogP contribution < -0.4 is 0 Å². The number of ether oxygens (including phenoxy) is 2. The Morgan fingerprint density at radius 3 is 2.37 bits per heavy atom. The van der Waals surface area contributed by atoms with Crippen molar-refractivity contribution < 1.29 is 19.4 Å². The fraction of sp³-hybridized carbons (Fsp3) is 0.381. The SMILES string of the molecule is COC(=O)N1C[C@@](Cl)(C2c3ccccc3-c3ccccc32)[C@H]2OC[C@H](O)[C@H]21. The van der Waals surface area contributed by atoms with Gasteiger partial charge in [0.05, 0.1) is 19.8 Å². The maximum absolute atomic E-state index is 12.4. The maximum atomic E-state index is 12.4. The number of methoxy groups -OCH3 is 1. The van der Waals surface area contributed by atoms with Gasteiger partial charge in [-0.1, -0.05) is 48.5 Å². The summed E-state index contributed by atoms with van der Waals surface area (Å²) in [6.07, 6.45) is -1.74. The van der Waals surface area contributed by atoms with Crippen LogP contribution in [-0.4, -0.2) is 59.5 Å². The van der Waals surface area contributed by atoms with E-state index in [0.717, 1.165) is 22.3 Å². The molecular weight excluding hydrogens is 366 g/mol. The number of aliphatic hydroxyl groups excluding tert-OH is 1. The van der Waals surface area contributed by atoms with Crippen molar-refractivity contribution in [3.8, 4) is 11.1 Å². The Morgan fingerprint density at radius 1 is 1.19 bits per heavy atom. The number of rotatable bonds is 1. The van der Waals surface area contributed by atoms with E-state index in [4.69, 9.17) is 21.1 Å². The molecule has 5 rings (SSSR count). The summed E-state index contributed by atoms with van der Waals surface area (Å²) >= 11 is 7.31. The van der Waals surface area contributed by atoms with Crippen LogP contribution in [0.3, 0.4) is 0 Å². The van der Waals surface area contributed by atoms with Gasteiger partial charge in [0.2, 0.25) is 0 Å². The van der Waals surface area contributed by atoms with E-state index in [1.54, 1.807) is 0 Å². The summed E-state index contributed by atoms with van der Waals surface area (Å²) in [5.41, 5.74) is 4.57. The first kappa shape index (κ1) is 17.0. The first-order valence-corrected chi connectivity index (χ1v) is 9.45. The number of amides is 1. The average Bonchev–Trinajstić information content (AvgIpc) is 3.33. The van der Waals surface area contributed by atoms with Crippen molar-refractivity contribution in [1.82, 2.24) is 4.90 Å². The number of hydrogen-bond acceptors (Lipinski definition) is 4. The van der Waals surface area contributed by atoms with Crippen molar-refractivity contribution in [3.05, 3.63) is 59.7 Å². The molecule has 1 N–H and O–H groups in total.